The molecule has 1 aromatic rings. The highest BCUT2D eigenvalue weighted by Crippen LogP contribution is 2.35. The summed E-state index contributed by atoms with van der Waals surface area (Å²) in [6, 6.07) is 7.72. The summed E-state index contributed by atoms with van der Waals surface area (Å²) >= 11 is 0. The van der Waals surface area contributed by atoms with Gasteiger partial charge in [-0.3, -0.25) is 4.79 Å². The lowest BCUT2D eigenvalue weighted by Gasteiger charge is -2.32. The molecule has 1 aliphatic carbocycles. The zero-order valence-corrected chi connectivity index (χ0v) is 11.6. The molecule has 0 spiro atoms. The van der Waals surface area contributed by atoms with Crippen LogP contribution in [0, 0.1) is 0 Å². The van der Waals surface area contributed by atoms with E-state index in [1.807, 2.05) is 24.3 Å². The highest BCUT2D eigenvalue weighted by atomic mass is 16.5. The molecule has 20 heavy (non-hydrogen) atoms. The molecule has 1 aromatic carbocycles. The van der Waals surface area contributed by atoms with Crippen molar-refractivity contribution < 1.29 is 14.6 Å². The van der Waals surface area contributed by atoms with Crippen LogP contribution < -0.4 is 10.1 Å². The number of nitrogens with one attached hydrogen (secondary N) is 1. The van der Waals surface area contributed by atoms with E-state index in [0.717, 1.165) is 37.0 Å². The lowest BCUT2D eigenvalue weighted by atomic mass is 9.90. The monoisotopic (exact) mass is 275 g/mol. The molecular formula is C16H21NO3. The molecule has 0 radical (unpaired) electrons. The molecule has 3 rings (SSSR count). The maximum atomic E-state index is 12.6. The number of rotatable bonds is 3. The molecule has 1 unspecified atom stereocenters. The third kappa shape index (κ3) is 2.40. The molecule has 4 nitrogen and oxygen atoms in total. The molecule has 4 heteroatoms. The quantitative estimate of drug-likeness (QED) is 0.886. The van der Waals surface area contributed by atoms with Gasteiger partial charge in [-0.15, -0.1) is 0 Å². The molecule has 2 N–H and O–H groups in total. The summed E-state index contributed by atoms with van der Waals surface area (Å²) in [5.74, 6) is 0.670. The lowest BCUT2D eigenvalue weighted by Crippen LogP contribution is -2.51. The second-order valence-corrected chi connectivity index (χ2v) is 5.86. The largest absolute Gasteiger partial charge is 0.493 e. The van der Waals surface area contributed by atoms with Gasteiger partial charge in [0.25, 0.3) is 0 Å². The van der Waals surface area contributed by atoms with Gasteiger partial charge in [0.05, 0.1) is 24.7 Å². The van der Waals surface area contributed by atoms with Gasteiger partial charge in [-0.1, -0.05) is 31.0 Å². The van der Waals surface area contributed by atoms with E-state index in [1.54, 1.807) is 0 Å². The second-order valence-electron chi connectivity index (χ2n) is 5.86. The fraction of sp³-hybridized carbons (Fsp3) is 0.562. The standard InChI is InChI=1S/C16H21NO3/c18-11-16(8-3-4-9-16)17-15(19)13-7-10-20-14-6-2-1-5-12(13)14/h1-2,5-6,13,18H,3-4,7-11H2,(H,17,19). The summed E-state index contributed by atoms with van der Waals surface area (Å²) in [6.45, 7) is 0.602. The van der Waals surface area contributed by atoms with Crippen LogP contribution in [0.5, 0.6) is 5.75 Å². The number of amides is 1. The van der Waals surface area contributed by atoms with Gasteiger partial charge in [-0.25, -0.2) is 0 Å². The Hall–Kier alpha value is -1.55. The van der Waals surface area contributed by atoms with Gasteiger partial charge < -0.3 is 15.2 Å². The third-order valence-corrected chi connectivity index (χ3v) is 4.53. The third-order valence-electron chi connectivity index (χ3n) is 4.53. The van der Waals surface area contributed by atoms with Crippen molar-refractivity contribution in [3.05, 3.63) is 29.8 Å². The predicted molar refractivity (Wildman–Crippen MR) is 75.7 cm³/mol. The molecule has 0 bridgehead atoms. The van der Waals surface area contributed by atoms with Crippen molar-refractivity contribution in [3.63, 3.8) is 0 Å². The van der Waals surface area contributed by atoms with E-state index >= 15 is 0 Å². The van der Waals surface area contributed by atoms with Crippen LogP contribution >= 0.6 is 0 Å². The predicted octanol–water partition coefficient (Wildman–Crippen LogP) is 1.97. The van der Waals surface area contributed by atoms with E-state index < -0.39 is 5.54 Å². The highest BCUT2D eigenvalue weighted by molar-refractivity contribution is 5.85. The van der Waals surface area contributed by atoms with Crippen LogP contribution in [0.3, 0.4) is 0 Å². The van der Waals surface area contributed by atoms with Gasteiger partial charge >= 0.3 is 0 Å². The normalized spacial score (nSPS) is 23.8. The number of carbonyl (C=O) groups excluding carboxylic acids is 1. The summed E-state index contributed by atoms with van der Waals surface area (Å²) in [7, 11) is 0. The number of para-hydroxylation sites is 1. The number of benzene rings is 1. The van der Waals surface area contributed by atoms with Crippen LogP contribution in [-0.4, -0.2) is 29.8 Å². The first-order valence-corrected chi connectivity index (χ1v) is 7.39. The molecule has 1 heterocycles. The Balaban J connectivity index is 1.78. The fourth-order valence-corrected chi connectivity index (χ4v) is 3.34. The molecule has 1 atom stereocenters. The van der Waals surface area contributed by atoms with E-state index in [4.69, 9.17) is 4.74 Å². The van der Waals surface area contributed by atoms with E-state index in [-0.39, 0.29) is 18.4 Å². The van der Waals surface area contributed by atoms with Crippen LogP contribution in [-0.2, 0) is 4.79 Å². The first kappa shape index (κ1) is 13.4. The number of ether oxygens (including phenoxy) is 1. The molecular weight excluding hydrogens is 254 g/mol. The second kappa shape index (κ2) is 5.44. The Kier molecular flexibility index (Phi) is 3.66. The molecule has 0 saturated heterocycles. The number of aliphatic hydroxyl groups is 1. The van der Waals surface area contributed by atoms with Crippen molar-refractivity contribution in [2.75, 3.05) is 13.2 Å². The van der Waals surface area contributed by atoms with E-state index in [1.165, 1.54) is 0 Å². The average molecular weight is 275 g/mol. The molecule has 2 aliphatic rings. The van der Waals surface area contributed by atoms with Gasteiger partial charge in [0, 0.05) is 5.56 Å². The van der Waals surface area contributed by atoms with Gasteiger partial charge in [0.1, 0.15) is 5.75 Å². The number of hydrogen-bond donors (Lipinski definition) is 2. The topological polar surface area (TPSA) is 58.6 Å². The van der Waals surface area contributed by atoms with Crippen molar-refractivity contribution in [2.45, 2.75) is 43.6 Å². The number of carbonyl (C=O) groups is 1. The van der Waals surface area contributed by atoms with Gasteiger partial charge in [-0.05, 0) is 25.3 Å². The van der Waals surface area contributed by atoms with Crippen molar-refractivity contribution >= 4 is 5.91 Å². The Morgan fingerprint density at radius 1 is 1.35 bits per heavy atom. The van der Waals surface area contributed by atoms with Crippen molar-refractivity contribution in [2.24, 2.45) is 0 Å². The lowest BCUT2D eigenvalue weighted by molar-refractivity contribution is -0.125. The van der Waals surface area contributed by atoms with Gasteiger partial charge in [-0.2, -0.15) is 0 Å². The van der Waals surface area contributed by atoms with Gasteiger partial charge in [0.15, 0.2) is 0 Å². The highest BCUT2D eigenvalue weighted by Gasteiger charge is 2.37. The summed E-state index contributed by atoms with van der Waals surface area (Å²) in [4.78, 5) is 12.6. The Morgan fingerprint density at radius 2 is 2.10 bits per heavy atom. The minimum Gasteiger partial charge on any atom is -0.493 e. The van der Waals surface area contributed by atoms with Crippen LogP contribution in [0.1, 0.15) is 43.6 Å². The average Bonchev–Trinajstić information content (AvgIpc) is 2.95. The number of fused-ring (bicyclic) bond motifs is 1. The Bertz CT molecular complexity index is 494. The van der Waals surface area contributed by atoms with E-state index in [0.29, 0.717) is 13.0 Å². The van der Waals surface area contributed by atoms with E-state index in [9.17, 15) is 9.90 Å². The van der Waals surface area contributed by atoms with Crippen LogP contribution in [0.2, 0.25) is 0 Å². The van der Waals surface area contributed by atoms with Crippen LogP contribution in [0.15, 0.2) is 24.3 Å². The van der Waals surface area contributed by atoms with Crippen molar-refractivity contribution in [1.29, 1.82) is 0 Å². The summed E-state index contributed by atoms with van der Waals surface area (Å²) < 4.78 is 5.60. The summed E-state index contributed by atoms with van der Waals surface area (Å²) in [5, 5.41) is 12.7. The Morgan fingerprint density at radius 3 is 2.85 bits per heavy atom. The smallest absolute Gasteiger partial charge is 0.228 e. The maximum absolute atomic E-state index is 12.6. The minimum absolute atomic E-state index is 0.0247. The molecule has 1 saturated carbocycles. The SMILES string of the molecule is O=C(NC1(CO)CCCC1)C1CCOc2ccccc21. The first-order valence-electron chi connectivity index (χ1n) is 7.39. The fourth-order valence-electron chi connectivity index (χ4n) is 3.34. The molecule has 1 amide bonds. The molecule has 1 fully saturated rings. The van der Waals surface area contributed by atoms with Crippen LogP contribution in [0.25, 0.3) is 0 Å². The van der Waals surface area contributed by atoms with Crippen LogP contribution in [0.4, 0.5) is 0 Å². The molecule has 108 valence electrons. The summed E-state index contributed by atoms with van der Waals surface area (Å²) in [6.07, 6.45) is 4.60. The minimum atomic E-state index is -0.398. The number of hydrogen-bond acceptors (Lipinski definition) is 3. The maximum Gasteiger partial charge on any atom is 0.228 e. The zero-order chi connectivity index (χ0) is 14.0. The molecule has 0 aromatic heterocycles. The zero-order valence-electron chi connectivity index (χ0n) is 11.6. The van der Waals surface area contributed by atoms with Crippen molar-refractivity contribution in [1.82, 2.24) is 5.32 Å². The Labute approximate surface area is 119 Å². The van der Waals surface area contributed by atoms with Crippen molar-refractivity contribution in [3.8, 4) is 5.75 Å². The first-order chi connectivity index (χ1) is 9.74. The van der Waals surface area contributed by atoms with Gasteiger partial charge in [0.2, 0.25) is 5.91 Å². The number of aliphatic hydroxyl groups excluding tert-OH is 1. The van der Waals surface area contributed by atoms with E-state index in [2.05, 4.69) is 5.32 Å². The molecule has 1 aliphatic heterocycles. The summed E-state index contributed by atoms with van der Waals surface area (Å²) in [5.41, 5.74) is 0.562.